The topological polar surface area (TPSA) is 49.4 Å². The summed E-state index contributed by atoms with van der Waals surface area (Å²) in [6.45, 7) is 9.03. The molecule has 0 radical (unpaired) electrons. The number of nitrogens with zero attached hydrogens (tertiary/aromatic N) is 1. The fraction of sp³-hybridized carbons (Fsp3) is 0.733. The minimum Gasteiger partial charge on any atom is -0.309 e. The quantitative estimate of drug-likeness (QED) is 0.797. The fourth-order valence-corrected chi connectivity index (χ4v) is 5.92. The Morgan fingerprint density at radius 2 is 2.10 bits per heavy atom. The lowest BCUT2D eigenvalue weighted by molar-refractivity contribution is 0.353. The van der Waals surface area contributed by atoms with E-state index < -0.39 is 10.0 Å². The number of aryl methyl sites for hydroxylation is 1. The molecule has 6 heteroatoms. The molecule has 1 aromatic rings. The van der Waals surface area contributed by atoms with E-state index in [0.29, 0.717) is 24.0 Å². The van der Waals surface area contributed by atoms with E-state index in [4.69, 9.17) is 0 Å². The SMILES string of the molecule is CCCN(C(C)C)S(=O)(=O)c1c(C)csc1CNC1CC1. The molecule has 1 fully saturated rings. The monoisotopic (exact) mass is 330 g/mol. The zero-order valence-corrected chi connectivity index (χ0v) is 15.0. The van der Waals surface area contributed by atoms with Gasteiger partial charge in [-0.25, -0.2) is 8.42 Å². The van der Waals surface area contributed by atoms with E-state index in [0.717, 1.165) is 16.9 Å². The molecular weight excluding hydrogens is 304 g/mol. The van der Waals surface area contributed by atoms with Gasteiger partial charge in [0.25, 0.3) is 0 Å². The Labute approximate surface area is 132 Å². The van der Waals surface area contributed by atoms with E-state index >= 15 is 0 Å². The third-order valence-corrected chi connectivity index (χ3v) is 7.24. The summed E-state index contributed by atoms with van der Waals surface area (Å²) in [6.07, 6.45) is 3.25. The summed E-state index contributed by atoms with van der Waals surface area (Å²) in [7, 11) is -3.40. The summed E-state index contributed by atoms with van der Waals surface area (Å²) in [5.41, 5.74) is 0.870. The summed E-state index contributed by atoms with van der Waals surface area (Å²) in [4.78, 5) is 1.48. The highest BCUT2D eigenvalue weighted by Crippen LogP contribution is 2.31. The van der Waals surface area contributed by atoms with E-state index in [9.17, 15) is 8.42 Å². The molecule has 1 aromatic heterocycles. The van der Waals surface area contributed by atoms with Gasteiger partial charge in [-0.2, -0.15) is 4.31 Å². The maximum absolute atomic E-state index is 13.0. The van der Waals surface area contributed by atoms with Crippen LogP contribution in [-0.4, -0.2) is 31.4 Å². The number of nitrogens with one attached hydrogen (secondary N) is 1. The van der Waals surface area contributed by atoms with Crippen LogP contribution in [0.15, 0.2) is 10.3 Å². The summed E-state index contributed by atoms with van der Waals surface area (Å²) in [6, 6.07) is 0.568. The Hall–Kier alpha value is -0.430. The molecule has 120 valence electrons. The van der Waals surface area contributed by atoms with Crippen LogP contribution < -0.4 is 5.32 Å². The molecule has 2 rings (SSSR count). The molecule has 0 bridgehead atoms. The third-order valence-electron chi connectivity index (χ3n) is 3.70. The zero-order chi connectivity index (χ0) is 15.6. The van der Waals surface area contributed by atoms with Crippen LogP contribution in [-0.2, 0) is 16.6 Å². The molecule has 1 aliphatic carbocycles. The molecular formula is C15H26N2O2S2. The Morgan fingerprint density at radius 1 is 1.43 bits per heavy atom. The Morgan fingerprint density at radius 3 is 2.62 bits per heavy atom. The molecule has 1 heterocycles. The first-order chi connectivity index (χ1) is 9.87. The highest BCUT2D eigenvalue weighted by atomic mass is 32.2. The maximum atomic E-state index is 13.0. The molecule has 0 saturated heterocycles. The van der Waals surface area contributed by atoms with Crippen molar-refractivity contribution in [3.8, 4) is 0 Å². The van der Waals surface area contributed by atoms with E-state index in [1.54, 1.807) is 15.6 Å². The lowest BCUT2D eigenvalue weighted by Crippen LogP contribution is -2.38. The van der Waals surface area contributed by atoms with Crippen LogP contribution in [0.1, 0.15) is 50.5 Å². The van der Waals surface area contributed by atoms with Crippen molar-refractivity contribution in [1.82, 2.24) is 9.62 Å². The molecule has 0 amide bonds. The van der Waals surface area contributed by atoms with Crippen LogP contribution in [0, 0.1) is 6.92 Å². The van der Waals surface area contributed by atoms with E-state index in [2.05, 4.69) is 5.32 Å². The highest BCUT2D eigenvalue weighted by Gasteiger charge is 2.31. The number of sulfonamides is 1. The summed E-state index contributed by atoms with van der Waals surface area (Å²) in [5, 5.41) is 5.39. The van der Waals surface area contributed by atoms with Crippen molar-refractivity contribution in [3.05, 3.63) is 15.8 Å². The first-order valence-corrected chi connectivity index (χ1v) is 10.0. The molecule has 0 aromatic carbocycles. The first-order valence-electron chi connectivity index (χ1n) is 7.70. The van der Waals surface area contributed by atoms with E-state index in [1.807, 2.05) is 33.1 Å². The van der Waals surface area contributed by atoms with Crippen LogP contribution >= 0.6 is 11.3 Å². The summed E-state index contributed by atoms with van der Waals surface area (Å²) >= 11 is 1.55. The summed E-state index contributed by atoms with van der Waals surface area (Å²) < 4.78 is 27.7. The minimum absolute atomic E-state index is 0.0153. The molecule has 0 spiro atoms. The number of rotatable bonds is 8. The predicted octanol–water partition coefficient (Wildman–Crippen LogP) is 3.12. The van der Waals surface area contributed by atoms with Crippen LogP contribution in [0.25, 0.3) is 0 Å². The smallest absolute Gasteiger partial charge is 0.244 e. The largest absolute Gasteiger partial charge is 0.309 e. The van der Waals surface area contributed by atoms with Gasteiger partial charge in [-0.1, -0.05) is 6.92 Å². The normalized spacial score (nSPS) is 16.1. The van der Waals surface area contributed by atoms with E-state index in [1.165, 1.54) is 12.8 Å². The van der Waals surface area contributed by atoms with Crippen molar-refractivity contribution in [3.63, 3.8) is 0 Å². The molecule has 4 nitrogen and oxygen atoms in total. The second-order valence-electron chi connectivity index (χ2n) is 6.04. The average molecular weight is 331 g/mol. The Balaban J connectivity index is 2.30. The number of thiophene rings is 1. The third kappa shape index (κ3) is 3.86. The van der Waals surface area contributed by atoms with Gasteiger partial charge >= 0.3 is 0 Å². The van der Waals surface area contributed by atoms with E-state index in [-0.39, 0.29) is 6.04 Å². The van der Waals surface area contributed by atoms with Crippen LogP contribution in [0.2, 0.25) is 0 Å². The molecule has 0 unspecified atom stereocenters. The molecule has 1 N–H and O–H groups in total. The van der Waals surface area contributed by atoms with Gasteiger partial charge in [-0.15, -0.1) is 11.3 Å². The standard InChI is InChI=1S/C15H26N2O2S2/c1-5-8-17(11(2)3)21(18,19)15-12(4)10-20-14(15)9-16-13-6-7-13/h10-11,13,16H,5-9H2,1-4H3. The van der Waals surface area contributed by atoms with Gasteiger partial charge < -0.3 is 5.32 Å². The number of hydrogen-bond donors (Lipinski definition) is 1. The van der Waals surface area contributed by atoms with Crippen molar-refractivity contribution in [2.75, 3.05) is 6.54 Å². The van der Waals surface area contributed by atoms with Crippen molar-refractivity contribution < 1.29 is 8.42 Å². The molecule has 21 heavy (non-hydrogen) atoms. The first kappa shape index (κ1) is 16.9. The minimum atomic E-state index is -3.40. The van der Waals surface area contributed by atoms with Gasteiger partial charge in [0.1, 0.15) is 4.90 Å². The lowest BCUT2D eigenvalue weighted by Gasteiger charge is -2.26. The van der Waals surface area contributed by atoms with Gasteiger partial charge in [0.15, 0.2) is 0 Å². The average Bonchev–Trinajstić information content (AvgIpc) is 3.15. The van der Waals surface area contributed by atoms with Gasteiger partial charge in [-0.3, -0.25) is 0 Å². The van der Waals surface area contributed by atoms with Crippen molar-refractivity contribution >= 4 is 21.4 Å². The van der Waals surface area contributed by atoms with Gasteiger partial charge in [0, 0.05) is 30.1 Å². The summed E-state index contributed by atoms with van der Waals surface area (Å²) in [5.74, 6) is 0. The second-order valence-corrected chi connectivity index (χ2v) is 8.83. The highest BCUT2D eigenvalue weighted by molar-refractivity contribution is 7.89. The molecule has 0 atom stereocenters. The van der Waals surface area contributed by atoms with Crippen molar-refractivity contribution in [1.29, 1.82) is 0 Å². The van der Waals surface area contributed by atoms with Gasteiger partial charge in [-0.05, 0) is 51.0 Å². The second kappa shape index (κ2) is 6.77. The lowest BCUT2D eigenvalue weighted by atomic mass is 10.3. The van der Waals surface area contributed by atoms with Crippen LogP contribution in [0.5, 0.6) is 0 Å². The zero-order valence-electron chi connectivity index (χ0n) is 13.3. The molecule has 0 aliphatic heterocycles. The van der Waals surface area contributed by atoms with Crippen LogP contribution in [0.3, 0.4) is 0 Å². The van der Waals surface area contributed by atoms with Crippen LogP contribution in [0.4, 0.5) is 0 Å². The van der Waals surface area contributed by atoms with Gasteiger partial charge in [0.2, 0.25) is 10.0 Å². The van der Waals surface area contributed by atoms with Crippen molar-refractivity contribution in [2.24, 2.45) is 0 Å². The molecule has 1 saturated carbocycles. The fourth-order valence-electron chi connectivity index (χ4n) is 2.47. The Kier molecular flexibility index (Phi) is 5.46. The number of hydrogen-bond acceptors (Lipinski definition) is 4. The molecule has 1 aliphatic rings. The Bertz CT molecular complexity index is 574. The van der Waals surface area contributed by atoms with Gasteiger partial charge in [0.05, 0.1) is 0 Å². The maximum Gasteiger partial charge on any atom is 0.244 e. The predicted molar refractivity (Wildman–Crippen MR) is 88.2 cm³/mol. The van der Waals surface area contributed by atoms with Crippen molar-refractivity contribution in [2.45, 2.75) is 70.5 Å².